The van der Waals surface area contributed by atoms with E-state index in [-0.39, 0.29) is 11.9 Å². The lowest BCUT2D eigenvalue weighted by Gasteiger charge is -2.11. The van der Waals surface area contributed by atoms with E-state index in [1.165, 1.54) is 12.1 Å². The molecule has 0 bridgehead atoms. The van der Waals surface area contributed by atoms with Crippen molar-refractivity contribution in [3.8, 4) is 11.5 Å². The number of benzene rings is 1. The van der Waals surface area contributed by atoms with Gasteiger partial charge in [0, 0.05) is 6.07 Å². The van der Waals surface area contributed by atoms with Crippen molar-refractivity contribution in [2.75, 3.05) is 0 Å². The van der Waals surface area contributed by atoms with Crippen molar-refractivity contribution in [3.05, 3.63) is 24.3 Å². The van der Waals surface area contributed by atoms with Gasteiger partial charge in [0.25, 0.3) is 0 Å². The van der Waals surface area contributed by atoms with Gasteiger partial charge in [-0.15, -0.1) is 0 Å². The first-order chi connectivity index (χ1) is 6.58. The molecule has 0 saturated carbocycles. The van der Waals surface area contributed by atoms with Crippen LogP contribution in [0.15, 0.2) is 24.3 Å². The second-order valence-electron chi connectivity index (χ2n) is 3.02. The van der Waals surface area contributed by atoms with Crippen molar-refractivity contribution >= 4 is 0 Å². The molecule has 0 radical (unpaired) electrons. The minimum absolute atomic E-state index is 0.0109. The number of ether oxygens (including phenoxy) is 2. The predicted octanol–water partition coefficient (Wildman–Crippen LogP) is 3.08. The fourth-order valence-corrected chi connectivity index (χ4v) is 0.996. The quantitative estimate of drug-likeness (QED) is 0.747. The van der Waals surface area contributed by atoms with Crippen LogP contribution < -0.4 is 9.47 Å². The van der Waals surface area contributed by atoms with E-state index in [1.54, 1.807) is 12.1 Å². The number of halogens is 2. The van der Waals surface area contributed by atoms with E-state index in [1.807, 2.05) is 13.8 Å². The highest BCUT2D eigenvalue weighted by molar-refractivity contribution is 5.33. The SMILES string of the molecule is CC(C)Oc1cccc(OC(F)F)c1. The lowest BCUT2D eigenvalue weighted by molar-refractivity contribution is -0.0499. The average molecular weight is 202 g/mol. The van der Waals surface area contributed by atoms with Crippen molar-refractivity contribution in [2.24, 2.45) is 0 Å². The van der Waals surface area contributed by atoms with E-state index in [0.29, 0.717) is 5.75 Å². The highest BCUT2D eigenvalue weighted by atomic mass is 19.3. The van der Waals surface area contributed by atoms with E-state index in [0.717, 1.165) is 0 Å². The van der Waals surface area contributed by atoms with Gasteiger partial charge in [-0.2, -0.15) is 8.78 Å². The Morgan fingerprint density at radius 1 is 1.07 bits per heavy atom. The van der Waals surface area contributed by atoms with Crippen LogP contribution in [0.4, 0.5) is 8.78 Å². The summed E-state index contributed by atoms with van der Waals surface area (Å²) in [5, 5.41) is 0. The lowest BCUT2D eigenvalue weighted by atomic mass is 10.3. The first kappa shape index (κ1) is 10.8. The van der Waals surface area contributed by atoms with Gasteiger partial charge in [0.05, 0.1) is 6.10 Å². The lowest BCUT2D eigenvalue weighted by Crippen LogP contribution is -2.06. The summed E-state index contributed by atoms with van der Waals surface area (Å²) in [6.07, 6.45) is 0.0109. The fraction of sp³-hybridized carbons (Fsp3) is 0.400. The molecule has 0 heterocycles. The number of alkyl halides is 2. The van der Waals surface area contributed by atoms with Crippen molar-refractivity contribution in [2.45, 2.75) is 26.6 Å². The Balaban J connectivity index is 2.68. The molecule has 0 saturated heterocycles. The van der Waals surface area contributed by atoms with Crippen LogP contribution in [-0.2, 0) is 0 Å². The van der Waals surface area contributed by atoms with Crippen LogP contribution in [0.3, 0.4) is 0 Å². The Morgan fingerprint density at radius 2 is 1.64 bits per heavy atom. The van der Waals surface area contributed by atoms with E-state index >= 15 is 0 Å². The highest BCUT2D eigenvalue weighted by Crippen LogP contribution is 2.21. The van der Waals surface area contributed by atoms with Crippen LogP contribution in [-0.4, -0.2) is 12.7 Å². The third-order valence-electron chi connectivity index (χ3n) is 1.40. The smallest absolute Gasteiger partial charge is 0.387 e. The number of hydrogen-bond acceptors (Lipinski definition) is 2. The van der Waals surface area contributed by atoms with Crippen LogP contribution >= 0.6 is 0 Å². The zero-order chi connectivity index (χ0) is 10.6. The standard InChI is InChI=1S/C10H12F2O2/c1-7(2)13-8-4-3-5-9(6-8)14-10(11)12/h3-7,10H,1-2H3. The Bertz CT molecular complexity index is 262. The average Bonchev–Trinajstić information content (AvgIpc) is 2.01. The van der Waals surface area contributed by atoms with Gasteiger partial charge < -0.3 is 9.47 Å². The van der Waals surface area contributed by atoms with E-state index < -0.39 is 6.61 Å². The Morgan fingerprint density at radius 3 is 2.14 bits per heavy atom. The Hall–Kier alpha value is -1.32. The third kappa shape index (κ3) is 3.60. The molecule has 0 aliphatic rings. The topological polar surface area (TPSA) is 18.5 Å². The maximum absolute atomic E-state index is 11.9. The molecule has 2 nitrogen and oxygen atoms in total. The molecule has 0 amide bonds. The largest absolute Gasteiger partial charge is 0.491 e. The molecule has 1 aromatic rings. The summed E-state index contributed by atoms with van der Waals surface area (Å²) in [6.45, 7) is 0.922. The zero-order valence-electron chi connectivity index (χ0n) is 8.04. The second-order valence-corrected chi connectivity index (χ2v) is 3.02. The molecule has 0 unspecified atom stereocenters. The fourth-order valence-electron chi connectivity index (χ4n) is 0.996. The second kappa shape index (κ2) is 4.79. The van der Waals surface area contributed by atoms with Crippen LogP contribution in [0.5, 0.6) is 11.5 Å². The summed E-state index contributed by atoms with van der Waals surface area (Å²) < 4.78 is 33.2. The monoisotopic (exact) mass is 202 g/mol. The summed E-state index contributed by atoms with van der Waals surface area (Å²) in [5.41, 5.74) is 0. The van der Waals surface area contributed by atoms with Gasteiger partial charge in [-0.25, -0.2) is 0 Å². The summed E-state index contributed by atoms with van der Waals surface area (Å²) in [5.74, 6) is 0.635. The van der Waals surface area contributed by atoms with Gasteiger partial charge in [0.1, 0.15) is 11.5 Å². The van der Waals surface area contributed by atoms with E-state index in [4.69, 9.17) is 4.74 Å². The molecular weight excluding hydrogens is 190 g/mol. The van der Waals surface area contributed by atoms with Gasteiger partial charge in [-0.05, 0) is 26.0 Å². The Labute approximate surface area is 81.4 Å². The van der Waals surface area contributed by atoms with Crippen LogP contribution in [0.2, 0.25) is 0 Å². The molecular formula is C10H12F2O2. The first-order valence-corrected chi connectivity index (χ1v) is 4.29. The summed E-state index contributed by atoms with van der Waals surface area (Å²) in [7, 11) is 0. The molecule has 1 aromatic carbocycles. The minimum Gasteiger partial charge on any atom is -0.491 e. The predicted molar refractivity (Wildman–Crippen MR) is 48.8 cm³/mol. The molecule has 0 aliphatic carbocycles. The molecule has 14 heavy (non-hydrogen) atoms. The van der Waals surface area contributed by atoms with Crippen molar-refractivity contribution < 1.29 is 18.3 Å². The number of hydrogen-bond donors (Lipinski definition) is 0. The van der Waals surface area contributed by atoms with E-state index in [2.05, 4.69) is 4.74 Å². The Kier molecular flexibility index (Phi) is 3.68. The molecule has 0 atom stereocenters. The van der Waals surface area contributed by atoms with Crippen LogP contribution in [0, 0.1) is 0 Å². The summed E-state index contributed by atoms with van der Waals surface area (Å²) >= 11 is 0. The molecule has 1 rings (SSSR count). The van der Waals surface area contributed by atoms with Gasteiger partial charge >= 0.3 is 6.61 Å². The van der Waals surface area contributed by atoms with Crippen molar-refractivity contribution in [3.63, 3.8) is 0 Å². The van der Waals surface area contributed by atoms with Gasteiger partial charge in [0.2, 0.25) is 0 Å². The first-order valence-electron chi connectivity index (χ1n) is 4.29. The van der Waals surface area contributed by atoms with Gasteiger partial charge in [-0.3, -0.25) is 0 Å². The molecule has 0 fully saturated rings. The normalized spacial score (nSPS) is 10.7. The molecule has 0 N–H and O–H groups in total. The molecule has 0 spiro atoms. The van der Waals surface area contributed by atoms with Gasteiger partial charge in [-0.1, -0.05) is 6.07 Å². The molecule has 4 heteroatoms. The van der Waals surface area contributed by atoms with E-state index in [9.17, 15) is 8.78 Å². The molecule has 0 aromatic heterocycles. The molecule has 0 aliphatic heterocycles. The number of rotatable bonds is 4. The van der Waals surface area contributed by atoms with Crippen molar-refractivity contribution in [1.29, 1.82) is 0 Å². The maximum Gasteiger partial charge on any atom is 0.387 e. The molecule has 78 valence electrons. The minimum atomic E-state index is -2.80. The van der Waals surface area contributed by atoms with Crippen LogP contribution in [0.25, 0.3) is 0 Å². The zero-order valence-corrected chi connectivity index (χ0v) is 8.04. The summed E-state index contributed by atoms with van der Waals surface area (Å²) in [4.78, 5) is 0. The maximum atomic E-state index is 11.9. The third-order valence-corrected chi connectivity index (χ3v) is 1.40. The van der Waals surface area contributed by atoms with Gasteiger partial charge in [0.15, 0.2) is 0 Å². The van der Waals surface area contributed by atoms with Crippen molar-refractivity contribution in [1.82, 2.24) is 0 Å². The highest BCUT2D eigenvalue weighted by Gasteiger charge is 2.05. The van der Waals surface area contributed by atoms with Crippen LogP contribution in [0.1, 0.15) is 13.8 Å². The summed E-state index contributed by atoms with van der Waals surface area (Å²) in [6, 6.07) is 6.19.